The third-order valence-corrected chi connectivity index (χ3v) is 5.35. The van der Waals surface area contributed by atoms with Crippen molar-refractivity contribution in [2.24, 2.45) is 0 Å². The Bertz CT molecular complexity index is 407. The zero-order valence-corrected chi connectivity index (χ0v) is 12.4. The Hall–Kier alpha value is -0.420. The molecule has 3 heterocycles. The standard InChI is InChI=1S/C15H23NO2S/c1-12-10-19-11-13(12)9-16-14-2-5-18-15(8-14)3-6-17-7-4-15/h10-11,14,16H,2-9H2,1H3. The monoisotopic (exact) mass is 281 g/mol. The van der Waals surface area contributed by atoms with Gasteiger partial charge in [0.1, 0.15) is 0 Å². The Morgan fingerprint density at radius 2 is 2.16 bits per heavy atom. The fourth-order valence-electron chi connectivity index (χ4n) is 3.12. The van der Waals surface area contributed by atoms with E-state index in [9.17, 15) is 0 Å². The summed E-state index contributed by atoms with van der Waals surface area (Å²) in [5, 5.41) is 8.20. The van der Waals surface area contributed by atoms with Crippen molar-refractivity contribution in [1.29, 1.82) is 0 Å². The predicted octanol–water partition coefficient (Wildman–Crippen LogP) is 2.87. The first kappa shape index (κ1) is 13.6. The second-order valence-electron chi connectivity index (χ2n) is 5.79. The van der Waals surface area contributed by atoms with Gasteiger partial charge in [0.25, 0.3) is 0 Å². The van der Waals surface area contributed by atoms with Crippen LogP contribution in [0.5, 0.6) is 0 Å². The Labute approximate surface area is 119 Å². The van der Waals surface area contributed by atoms with Crippen LogP contribution in [0.25, 0.3) is 0 Å². The lowest BCUT2D eigenvalue weighted by Gasteiger charge is -2.43. The molecule has 1 spiro atoms. The predicted molar refractivity (Wildman–Crippen MR) is 77.7 cm³/mol. The molecule has 0 aliphatic carbocycles. The smallest absolute Gasteiger partial charge is 0.0741 e. The summed E-state index contributed by atoms with van der Waals surface area (Å²) in [6.07, 6.45) is 4.39. The summed E-state index contributed by atoms with van der Waals surface area (Å²) < 4.78 is 11.5. The summed E-state index contributed by atoms with van der Waals surface area (Å²) in [6, 6.07) is 0.589. The van der Waals surface area contributed by atoms with Crippen LogP contribution < -0.4 is 5.32 Å². The fourth-order valence-corrected chi connectivity index (χ4v) is 3.97. The molecule has 3 rings (SSSR count). The third-order valence-electron chi connectivity index (χ3n) is 4.44. The van der Waals surface area contributed by atoms with Crippen LogP contribution in [0.15, 0.2) is 10.8 Å². The lowest BCUT2D eigenvalue weighted by atomic mass is 9.84. The van der Waals surface area contributed by atoms with Crippen molar-refractivity contribution in [2.45, 2.75) is 50.8 Å². The number of hydrogen-bond donors (Lipinski definition) is 1. The topological polar surface area (TPSA) is 30.5 Å². The maximum absolute atomic E-state index is 6.08. The van der Waals surface area contributed by atoms with Gasteiger partial charge >= 0.3 is 0 Å². The Kier molecular flexibility index (Phi) is 4.22. The van der Waals surface area contributed by atoms with E-state index < -0.39 is 0 Å². The van der Waals surface area contributed by atoms with Crippen molar-refractivity contribution >= 4 is 11.3 Å². The van der Waals surface area contributed by atoms with E-state index >= 15 is 0 Å². The summed E-state index contributed by atoms with van der Waals surface area (Å²) in [7, 11) is 0. The molecule has 1 atom stereocenters. The normalized spacial score (nSPS) is 26.7. The van der Waals surface area contributed by atoms with E-state index in [1.54, 1.807) is 11.3 Å². The molecule has 2 fully saturated rings. The minimum absolute atomic E-state index is 0.0951. The lowest BCUT2D eigenvalue weighted by molar-refractivity contribution is -0.140. The van der Waals surface area contributed by atoms with Crippen molar-refractivity contribution in [1.82, 2.24) is 5.32 Å². The van der Waals surface area contributed by atoms with Gasteiger partial charge in [0, 0.05) is 32.4 Å². The molecule has 106 valence electrons. The van der Waals surface area contributed by atoms with E-state index in [4.69, 9.17) is 9.47 Å². The lowest BCUT2D eigenvalue weighted by Crippen LogP contribution is -2.49. The summed E-state index contributed by atoms with van der Waals surface area (Å²) >= 11 is 1.79. The van der Waals surface area contributed by atoms with Gasteiger partial charge in [0.2, 0.25) is 0 Å². The molecule has 1 N–H and O–H groups in total. The number of thiophene rings is 1. The van der Waals surface area contributed by atoms with Crippen LogP contribution in [0.2, 0.25) is 0 Å². The summed E-state index contributed by atoms with van der Waals surface area (Å²) in [5.41, 5.74) is 2.94. The highest BCUT2D eigenvalue weighted by molar-refractivity contribution is 7.08. The highest BCUT2D eigenvalue weighted by atomic mass is 32.1. The quantitative estimate of drug-likeness (QED) is 0.924. The van der Waals surface area contributed by atoms with Crippen LogP contribution >= 0.6 is 11.3 Å². The van der Waals surface area contributed by atoms with Crippen molar-refractivity contribution in [3.05, 3.63) is 21.9 Å². The van der Waals surface area contributed by atoms with Crippen LogP contribution in [-0.2, 0) is 16.0 Å². The van der Waals surface area contributed by atoms with Gasteiger partial charge in [0.05, 0.1) is 5.60 Å². The molecular formula is C15H23NO2S. The van der Waals surface area contributed by atoms with Crippen LogP contribution in [0, 0.1) is 6.92 Å². The molecule has 0 bridgehead atoms. The van der Waals surface area contributed by atoms with E-state index in [0.29, 0.717) is 6.04 Å². The minimum atomic E-state index is 0.0951. The molecule has 2 aliphatic rings. The van der Waals surface area contributed by atoms with E-state index in [2.05, 4.69) is 23.0 Å². The van der Waals surface area contributed by atoms with Gasteiger partial charge in [0.15, 0.2) is 0 Å². The van der Waals surface area contributed by atoms with Crippen LogP contribution in [0.1, 0.15) is 36.8 Å². The molecule has 19 heavy (non-hydrogen) atoms. The Morgan fingerprint density at radius 1 is 1.32 bits per heavy atom. The summed E-state index contributed by atoms with van der Waals surface area (Å²) in [5.74, 6) is 0. The first-order valence-electron chi connectivity index (χ1n) is 7.24. The average Bonchev–Trinajstić information content (AvgIpc) is 2.83. The summed E-state index contributed by atoms with van der Waals surface area (Å²) in [4.78, 5) is 0. The van der Waals surface area contributed by atoms with Gasteiger partial charge in [-0.05, 0) is 54.5 Å². The second kappa shape index (κ2) is 5.92. The van der Waals surface area contributed by atoms with E-state index in [0.717, 1.165) is 52.0 Å². The SMILES string of the molecule is Cc1cscc1CNC1CCOC2(CCOCC2)C1. The van der Waals surface area contributed by atoms with Gasteiger partial charge in [-0.2, -0.15) is 11.3 Å². The van der Waals surface area contributed by atoms with Crippen molar-refractivity contribution in [2.75, 3.05) is 19.8 Å². The largest absolute Gasteiger partial charge is 0.381 e. The zero-order valence-electron chi connectivity index (χ0n) is 11.6. The van der Waals surface area contributed by atoms with Crippen molar-refractivity contribution < 1.29 is 9.47 Å². The molecule has 0 radical (unpaired) electrons. The van der Waals surface area contributed by atoms with Gasteiger partial charge in [-0.1, -0.05) is 0 Å². The van der Waals surface area contributed by atoms with Gasteiger partial charge in [-0.25, -0.2) is 0 Å². The number of aryl methyl sites for hydroxylation is 1. The van der Waals surface area contributed by atoms with Crippen molar-refractivity contribution in [3.63, 3.8) is 0 Å². The molecule has 0 amide bonds. The first-order chi connectivity index (χ1) is 9.27. The first-order valence-corrected chi connectivity index (χ1v) is 8.18. The highest BCUT2D eigenvalue weighted by Crippen LogP contribution is 2.34. The van der Waals surface area contributed by atoms with Gasteiger partial charge < -0.3 is 14.8 Å². The molecule has 0 saturated carbocycles. The van der Waals surface area contributed by atoms with Crippen LogP contribution in [-0.4, -0.2) is 31.5 Å². The third kappa shape index (κ3) is 3.19. The second-order valence-corrected chi connectivity index (χ2v) is 6.54. The molecule has 3 nitrogen and oxygen atoms in total. The van der Waals surface area contributed by atoms with Gasteiger partial charge in [-0.15, -0.1) is 0 Å². The number of ether oxygens (including phenoxy) is 2. The Balaban J connectivity index is 1.55. The Morgan fingerprint density at radius 3 is 2.89 bits per heavy atom. The van der Waals surface area contributed by atoms with Gasteiger partial charge in [-0.3, -0.25) is 0 Å². The molecule has 1 aromatic rings. The molecule has 0 aromatic carbocycles. The molecule has 2 aliphatic heterocycles. The molecule has 1 unspecified atom stereocenters. The zero-order chi connectivity index (χ0) is 13.1. The fraction of sp³-hybridized carbons (Fsp3) is 0.733. The molecule has 4 heteroatoms. The molecule has 1 aromatic heterocycles. The van der Waals surface area contributed by atoms with Crippen LogP contribution in [0.3, 0.4) is 0 Å². The van der Waals surface area contributed by atoms with E-state index in [1.807, 2.05) is 0 Å². The number of hydrogen-bond acceptors (Lipinski definition) is 4. The van der Waals surface area contributed by atoms with Crippen molar-refractivity contribution in [3.8, 4) is 0 Å². The molecular weight excluding hydrogens is 258 g/mol. The van der Waals surface area contributed by atoms with Crippen LogP contribution in [0.4, 0.5) is 0 Å². The highest BCUT2D eigenvalue weighted by Gasteiger charge is 2.38. The van der Waals surface area contributed by atoms with E-state index in [-0.39, 0.29) is 5.60 Å². The average molecular weight is 281 g/mol. The maximum atomic E-state index is 6.08. The van der Waals surface area contributed by atoms with E-state index in [1.165, 1.54) is 11.1 Å². The minimum Gasteiger partial charge on any atom is -0.381 e. The number of rotatable bonds is 3. The number of nitrogens with one attached hydrogen (secondary N) is 1. The molecule has 2 saturated heterocycles. The maximum Gasteiger partial charge on any atom is 0.0741 e. The summed E-state index contributed by atoms with van der Waals surface area (Å²) in [6.45, 7) is 5.79.